The topological polar surface area (TPSA) is 39.7 Å². The minimum absolute atomic E-state index is 0.217. The molecule has 0 spiro atoms. The van der Waals surface area contributed by atoms with Gasteiger partial charge in [0.05, 0.1) is 6.54 Å². The molecule has 1 unspecified atom stereocenters. The van der Waals surface area contributed by atoms with E-state index < -0.39 is 12.7 Å². The number of hydrogen-bond donors (Lipinski definition) is 2. The molecule has 0 bridgehead atoms. The van der Waals surface area contributed by atoms with Crippen LogP contribution in [0.3, 0.4) is 0 Å². The number of halogens is 3. The summed E-state index contributed by atoms with van der Waals surface area (Å²) >= 11 is 0. The zero-order chi connectivity index (χ0) is 17.6. The molecule has 1 aliphatic heterocycles. The van der Waals surface area contributed by atoms with Gasteiger partial charge in [0, 0.05) is 25.7 Å². The van der Waals surface area contributed by atoms with Gasteiger partial charge in [-0.3, -0.25) is 9.89 Å². The Hall–Kier alpha value is -0.980. The molecule has 0 aromatic carbocycles. The Morgan fingerprint density at radius 3 is 2.50 bits per heavy atom. The third kappa shape index (κ3) is 6.87. The fraction of sp³-hybridized carbons (Fsp3) is 0.941. The monoisotopic (exact) mass is 348 g/mol. The molecule has 0 aromatic rings. The summed E-state index contributed by atoms with van der Waals surface area (Å²) < 4.78 is 37.3. The first-order valence-electron chi connectivity index (χ1n) is 9.19. The van der Waals surface area contributed by atoms with E-state index in [0.29, 0.717) is 25.7 Å². The molecule has 1 aliphatic carbocycles. The number of rotatable bonds is 5. The number of alkyl halides is 3. The van der Waals surface area contributed by atoms with Gasteiger partial charge in [-0.2, -0.15) is 13.2 Å². The lowest BCUT2D eigenvalue weighted by molar-refractivity contribution is -0.143. The predicted octanol–water partition coefficient (Wildman–Crippen LogP) is 3.00. The summed E-state index contributed by atoms with van der Waals surface area (Å²) in [6, 6.07) is 0.462. The normalized spacial score (nSPS) is 29.7. The smallest absolute Gasteiger partial charge is 0.357 e. The highest BCUT2D eigenvalue weighted by molar-refractivity contribution is 5.80. The molecule has 140 valence electrons. The maximum atomic E-state index is 12.4. The molecule has 1 saturated heterocycles. The average molecular weight is 348 g/mol. The van der Waals surface area contributed by atoms with Crippen LogP contribution in [-0.4, -0.2) is 55.8 Å². The fourth-order valence-electron chi connectivity index (χ4n) is 3.60. The Kier molecular flexibility index (Phi) is 7.19. The van der Waals surface area contributed by atoms with Crippen molar-refractivity contribution < 1.29 is 13.2 Å². The van der Waals surface area contributed by atoms with Crippen LogP contribution in [0.25, 0.3) is 0 Å². The molecule has 1 heterocycles. The number of hydrogen-bond acceptors (Lipinski definition) is 2. The largest absolute Gasteiger partial charge is 0.401 e. The second-order valence-electron chi connectivity index (χ2n) is 7.33. The van der Waals surface area contributed by atoms with Crippen molar-refractivity contribution in [2.45, 2.75) is 58.2 Å². The lowest BCUT2D eigenvalue weighted by Gasteiger charge is -2.28. The van der Waals surface area contributed by atoms with E-state index in [1.807, 2.05) is 6.92 Å². The summed E-state index contributed by atoms with van der Waals surface area (Å²) in [5, 5.41) is 6.76. The molecule has 7 heteroatoms. The quantitative estimate of drug-likeness (QED) is 0.593. The van der Waals surface area contributed by atoms with E-state index >= 15 is 0 Å². The van der Waals surface area contributed by atoms with E-state index in [4.69, 9.17) is 0 Å². The van der Waals surface area contributed by atoms with Crippen molar-refractivity contribution in [3.8, 4) is 0 Å². The zero-order valence-corrected chi connectivity index (χ0v) is 14.8. The SMILES string of the molecule is CCNC(=NCC1CCN(CC(F)(F)F)C1)NC1CCC(C)CC1. The maximum absolute atomic E-state index is 12.4. The third-order valence-electron chi connectivity index (χ3n) is 4.98. The highest BCUT2D eigenvalue weighted by atomic mass is 19.4. The minimum Gasteiger partial charge on any atom is -0.357 e. The molecule has 2 N–H and O–H groups in total. The number of nitrogens with one attached hydrogen (secondary N) is 2. The molecule has 0 amide bonds. The van der Waals surface area contributed by atoms with Gasteiger partial charge in [-0.25, -0.2) is 0 Å². The summed E-state index contributed by atoms with van der Waals surface area (Å²) in [6.07, 6.45) is 1.49. The van der Waals surface area contributed by atoms with E-state index in [-0.39, 0.29) is 5.92 Å². The second-order valence-corrected chi connectivity index (χ2v) is 7.33. The standard InChI is InChI=1S/C17H31F3N4/c1-3-21-16(23-15-6-4-13(2)5-7-15)22-10-14-8-9-24(11-14)12-17(18,19)20/h13-15H,3-12H2,1-2H3,(H2,21,22,23). The Morgan fingerprint density at radius 1 is 1.17 bits per heavy atom. The van der Waals surface area contributed by atoms with Crippen molar-refractivity contribution in [1.82, 2.24) is 15.5 Å². The Bertz CT molecular complexity index is 403. The zero-order valence-electron chi connectivity index (χ0n) is 14.8. The van der Waals surface area contributed by atoms with Crippen LogP contribution in [0.4, 0.5) is 13.2 Å². The van der Waals surface area contributed by atoms with Gasteiger partial charge in [-0.05, 0) is 57.4 Å². The highest BCUT2D eigenvalue weighted by Crippen LogP contribution is 2.24. The molecule has 1 saturated carbocycles. The van der Waals surface area contributed by atoms with Gasteiger partial charge in [0.15, 0.2) is 5.96 Å². The molecule has 2 fully saturated rings. The van der Waals surface area contributed by atoms with E-state index in [2.05, 4.69) is 22.5 Å². The third-order valence-corrected chi connectivity index (χ3v) is 4.98. The summed E-state index contributed by atoms with van der Waals surface area (Å²) in [5.74, 6) is 1.83. The molecular weight excluding hydrogens is 317 g/mol. The van der Waals surface area contributed by atoms with Crippen molar-refractivity contribution in [3.05, 3.63) is 0 Å². The van der Waals surface area contributed by atoms with Crippen molar-refractivity contribution in [2.24, 2.45) is 16.8 Å². The van der Waals surface area contributed by atoms with Crippen LogP contribution in [0.2, 0.25) is 0 Å². The first-order chi connectivity index (χ1) is 11.4. The highest BCUT2D eigenvalue weighted by Gasteiger charge is 2.34. The predicted molar refractivity (Wildman–Crippen MR) is 91.1 cm³/mol. The summed E-state index contributed by atoms with van der Waals surface area (Å²) in [7, 11) is 0. The number of nitrogens with zero attached hydrogens (tertiary/aromatic N) is 2. The van der Waals surface area contributed by atoms with Crippen molar-refractivity contribution in [1.29, 1.82) is 0 Å². The summed E-state index contributed by atoms with van der Waals surface area (Å²) in [6.45, 7) is 5.91. The van der Waals surface area contributed by atoms with Crippen molar-refractivity contribution in [2.75, 3.05) is 32.7 Å². The average Bonchev–Trinajstić information content (AvgIpc) is 2.93. The first kappa shape index (κ1) is 19.3. The Balaban J connectivity index is 1.78. The Morgan fingerprint density at radius 2 is 1.88 bits per heavy atom. The van der Waals surface area contributed by atoms with Crippen LogP contribution < -0.4 is 10.6 Å². The van der Waals surface area contributed by atoms with Crippen LogP contribution in [0.1, 0.15) is 46.0 Å². The number of guanidine groups is 1. The van der Waals surface area contributed by atoms with Gasteiger partial charge in [0.2, 0.25) is 0 Å². The van der Waals surface area contributed by atoms with Crippen LogP contribution in [-0.2, 0) is 0 Å². The van der Waals surface area contributed by atoms with Gasteiger partial charge in [0.1, 0.15) is 0 Å². The maximum Gasteiger partial charge on any atom is 0.401 e. The molecule has 4 nitrogen and oxygen atoms in total. The molecule has 24 heavy (non-hydrogen) atoms. The summed E-state index contributed by atoms with van der Waals surface area (Å²) in [4.78, 5) is 6.12. The molecule has 0 aromatic heterocycles. The van der Waals surface area contributed by atoms with Crippen molar-refractivity contribution in [3.63, 3.8) is 0 Å². The van der Waals surface area contributed by atoms with Gasteiger partial charge in [0.25, 0.3) is 0 Å². The molecule has 0 radical (unpaired) electrons. The van der Waals surface area contributed by atoms with Gasteiger partial charge in [-0.1, -0.05) is 6.92 Å². The lowest BCUT2D eigenvalue weighted by Crippen LogP contribution is -2.45. The Labute approximate surface area is 143 Å². The van der Waals surface area contributed by atoms with Crippen LogP contribution in [0.15, 0.2) is 4.99 Å². The van der Waals surface area contributed by atoms with E-state index in [0.717, 1.165) is 37.7 Å². The fourth-order valence-corrected chi connectivity index (χ4v) is 3.60. The number of likely N-dealkylation sites (tertiary alicyclic amines) is 1. The molecule has 1 atom stereocenters. The number of aliphatic imine (C=N–C) groups is 1. The van der Waals surface area contributed by atoms with Gasteiger partial charge < -0.3 is 10.6 Å². The second kappa shape index (κ2) is 8.92. The lowest BCUT2D eigenvalue weighted by atomic mass is 9.87. The molecule has 2 aliphatic rings. The van der Waals surface area contributed by atoms with Crippen LogP contribution in [0.5, 0.6) is 0 Å². The van der Waals surface area contributed by atoms with Gasteiger partial charge >= 0.3 is 6.18 Å². The van der Waals surface area contributed by atoms with E-state index in [9.17, 15) is 13.2 Å². The minimum atomic E-state index is -4.10. The molecular formula is C17H31F3N4. The van der Waals surface area contributed by atoms with Gasteiger partial charge in [-0.15, -0.1) is 0 Å². The van der Waals surface area contributed by atoms with Crippen LogP contribution >= 0.6 is 0 Å². The summed E-state index contributed by atoms with van der Waals surface area (Å²) in [5.41, 5.74) is 0. The van der Waals surface area contributed by atoms with E-state index in [1.165, 1.54) is 17.7 Å². The molecule has 2 rings (SSSR count). The first-order valence-corrected chi connectivity index (χ1v) is 9.19. The van der Waals surface area contributed by atoms with Crippen LogP contribution in [0, 0.1) is 11.8 Å². The van der Waals surface area contributed by atoms with Crippen molar-refractivity contribution >= 4 is 5.96 Å². The van der Waals surface area contributed by atoms with E-state index in [1.54, 1.807) is 0 Å².